The Balaban J connectivity index is 1.71. The zero-order chi connectivity index (χ0) is 18.4. The van der Waals surface area contributed by atoms with Crippen LogP contribution in [0.2, 0.25) is 5.02 Å². The zero-order valence-electron chi connectivity index (χ0n) is 14.9. The van der Waals surface area contributed by atoms with E-state index in [9.17, 15) is 0 Å². The summed E-state index contributed by atoms with van der Waals surface area (Å²) in [7, 11) is 0. The summed E-state index contributed by atoms with van der Waals surface area (Å²) in [5, 5.41) is 2.00. The summed E-state index contributed by atoms with van der Waals surface area (Å²) in [6.45, 7) is 3.07. The summed E-state index contributed by atoms with van der Waals surface area (Å²) in [5.74, 6) is 0.774. The Morgan fingerprint density at radius 3 is 2.85 bits per heavy atom. The fourth-order valence-electron chi connectivity index (χ4n) is 3.94. The second-order valence-corrected chi connectivity index (χ2v) is 8.40. The smallest absolute Gasteiger partial charge is 0.226 e. The van der Waals surface area contributed by atoms with Crippen LogP contribution in [0.25, 0.3) is 10.9 Å². The van der Waals surface area contributed by atoms with Crippen molar-refractivity contribution < 1.29 is 0 Å². The van der Waals surface area contributed by atoms with Gasteiger partial charge in [-0.3, -0.25) is 0 Å². The topological polar surface area (TPSA) is 44.8 Å². The van der Waals surface area contributed by atoms with Crippen molar-refractivity contribution in [2.75, 3.05) is 11.4 Å². The molecule has 4 nitrogen and oxygen atoms in total. The van der Waals surface area contributed by atoms with E-state index in [1.807, 2.05) is 35.9 Å². The van der Waals surface area contributed by atoms with Gasteiger partial charge >= 0.3 is 0 Å². The van der Waals surface area contributed by atoms with Gasteiger partial charge in [0.05, 0.1) is 0 Å². The van der Waals surface area contributed by atoms with Crippen molar-refractivity contribution in [1.29, 1.82) is 0 Å². The van der Waals surface area contributed by atoms with Gasteiger partial charge in [-0.2, -0.15) is 0 Å². The zero-order valence-corrected chi connectivity index (χ0v) is 16.5. The third-order valence-electron chi connectivity index (χ3n) is 5.20. The first-order valence-corrected chi connectivity index (χ1v) is 10.4. The first-order chi connectivity index (χ1) is 13.2. The van der Waals surface area contributed by atoms with E-state index in [1.165, 1.54) is 26.4 Å². The molecule has 5 rings (SSSR count). The van der Waals surface area contributed by atoms with Gasteiger partial charge in [-0.25, -0.2) is 9.97 Å². The minimum absolute atomic E-state index is 0.0904. The molecule has 0 saturated heterocycles. The normalized spacial score (nSPS) is 16.7. The van der Waals surface area contributed by atoms with Gasteiger partial charge in [-0.1, -0.05) is 18.5 Å². The average molecular weight is 395 g/mol. The molecule has 136 valence electrons. The van der Waals surface area contributed by atoms with Crippen LogP contribution in [0, 0.1) is 0 Å². The largest absolute Gasteiger partial charge is 0.356 e. The number of fused-ring (bicyclic) bond motifs is 3. The molecule has 0 fully saturated rings. The van der Waals surface area contributed by atoms with E-state index in [0.717, 1.165) is 35.9 Å². The molecule has 1 unspecified atom stereocenters. The highest BCUT2D eigenvalue weighted by atomic mass is 35.5. The van der Waals surface area contributed by atoms with Crippen molar-refractivity contribution in [2.45, 2.75) is 25.8 Å². The van der Waals surface area contributed by atoms with Gasteiger partial charge in [0.2, 0.25) is 5.95 Å². The second-order valence-electron chi connectivity index (χ2n) is 6.76. The van der Waals surface area contributed by atoms with Crippen LogP contribution in [-0.2, 0) is 12.8 Å². The maximum absolute atomic E-state index is 6.28. The Hall–Kier alpha value is -2.37. The average Bonchev–Trinajstić information content (AvgIpc) is 3.32. The molecule has 3 aromatic heterocycles. The third kappa shape index (κ3) is 2.82. The van der Waals surface area contributed by atoms with Gasteiger partial charge in [-0.05, 0) is 54.8 Å². The quantitative estimate of drug-likeness (QED) is 0.506. The molecule has 0 aliphatic carbocycles. The summed E-state index contributed by atoms with van der Waals surface area (Å²) < 4.78 is 0. The van der Waals surface area contributed by atoms with Gasteiger partial charge < -0.3 is 9.88 Å². The van der Waals surface area contributed by atoms with E-state index in [4.69, 9.17) is 11.6 Å². The molecule has 0 radical (unpaired) electrons. The number of aromatic amines is 1. The second kappa shape index (κ2) is 6.66. The Kier molecular flexibility index (Phi) is 4.14. The monoisotopic (exact) mass is 394 g/mol. The van der Waals surface area contributed by atoms with E-state index in [1.54, 1.807) is 0 Å². The fourth-order valence-corrected chi connectivity index (χ4v) is 5.19. The number of hydrogen-bond acceptors (Lipinski definition) is 4. The van der Waals surface area contributed by atoms with Crippen LogP contribution in [0.15, 0.2) is 48.8 Å². The molecule has 4 aromatic rings. The van der Waals surface area contributed by atoms with Gasteiger partial charge in [0.1, 0.15) is 6.04 Å². The van der Waals surface area contributed by atoms with Gasteiger partial charge in [0.15, 0.2) is 0 Å². The number of benzene rings is 1. The number of aromatic nitrogens is 3. The first kappa shape index (κ1) is 16.8. The van der Waals surface area contributed by atoms with Gasteiger partial charge in [0.25, 0.3) is 0 Å². The molecule has 0 amide bonds. The van der Waals surface area contributed by atoms with Crippen molar-refractivity contribution in [3.05, 3.63) is 74.8 Å². The van der Waals surface area contributed by atoms with Crippen molar-refractivity contribution in [3.8, 4) is 0 Å². The Bertz CT molecular complexity index is 1100. The maximum Gasteiger partial charge on any atom is 0.226 e. The number of aryl methyl sites for hydroxylation is 1. The molecule has 1 aliphatic rings. The lowest BCUT2D eigenvalue weighted by Gasteiger charge is -2.35. The standard InChI is InChI=1S/C21H19ClN4S/c1-2-14-5-7-18(27-14)20-19-15(16-12-13(22)4-6-17(16)25-19)8-11-26(20)21-23-9-3-10-24-21/h3-7,9-10,12,20,25H,2,8,11H2,1H3. The molecule has 1 aromatic carbocycles. The number of nitrogens with one attached hydrogen (secondary N) is 1. The van der Waals surface area contributed by atoms with Gasteiger partial charge in [-0.15, -0.1) is 11.3 Å². The maximum atomic E-state index is 6.28. The molecule has 6 heteroatoms. The molecule has 1 aliphatic heterocycles. The highest BCUT2D eigenvalue weighted by molar-refractivity contribution is 7.12. The molecule has 0 spiro atoms. The van der Waals surface area contributed by atoms with Crippen LogP contribution in [-0.4, -0.2) is 21.5 Å². The van der Waals surface area contributed by atoms with Crippen LogP contribution in [0.5, 0.6) is 0 Å². The summed E-state index contributed by atoms with van der Waals surface area (Å²) in [5.41, 5.74) is 3.73. The predicted molar refractivity (Wildman–Crippen MR) is 112 cm³/mol. The highest BCUT2D eigenvalue weighted by Crippen LogP contribution is 2.42. The molecule has 1 N–H and O–H groups in total. The molecule has 27 heavy (non-hydrogen) atoms. The summed E-state index contributed by atoms with van der Waals surface area (Å²) in [4.78, 5) is 17.8. The minimum atomic E-state index is 0.0904. The van der Waals surface area contributed by atoms with Crippen molar-refractivity contribution in [3.63, 3.8) is 0 Å². The SMILES string of the molecule is CCc1ccc(C2c3[nH]c4ccc(Cl)cc4c3CCN2c2ncccn2)s1. The fraction of sp³-hybridized carbons (Fsp3) is 0.238. The Morgan fingerprint density at radius 2 is 2.07 bits per heavy atom. The number of nitrogens with zero attached hydrogens (tertiary/aromatic N) is 3. The van der Waals surface area contributed by atoms with Crippen molar-refractivity contribution in [2.24, 2.45) is 0 Å². The molecule has 1 atom stereocenters. The number of rotatable bonds is 3. The molecule has 0 bridgehead atoms. The number of anilines is 1. The van der Waals surface area contributed by atoms with Crippen LogP contribution in [0.4, 0.5) is 5.95 Å². The van der Waals surface area contributed by atoms with Crippen LogP contribution < -0.4 is 4.90 Å². The lowest BCUT2D eigenvalue weighted by Crippen LogP contribution is -2.36. The van der Waals surface area contributed by atoms with Crippen molar-refractivity contribution in [1.82, 2.24) is 15.0 Å². The predicted octanol–water partition coefficient (Wildman–Crippen LogP) is 5.39. The highest BCUT2D eigenvalue weighted by Gasteiger charge is 2.34. The first-order valence-electron chi connectivity index (χ1n) is 9.17. The van der Waals surface area contributed by atoms with E-state index in [0.29, 0.717) is 0 Å². The lowest BCUT2D eigenvalue weighted by atomic mass is 9.96. The summed E-state index contributed by atoms with van der Waals surface area (Å²) in [6.07, 6.45) is 5.61. The minimum Gasteiger partial charge on any atom is -0.356 e. The molecule has 4 heterocycles. The molecular formula is C21H19ClN4S. The van der Waals surface area contributed by atoms with E-state index in [-0.39, 0.29) is 6.04 Å². The Labute approximate surface area is 166 Å². The number of H-pyrrole nitrogens is 1. The third-order valence-corrected chi connectivity index (χ3v) is 6.72. The van der Waals surface area contributed by atoms with Gasteiger partial charge in [0, 0.05) is 50.3 Å². The van der Waals surface area contributed by atoms with Crippen LogP contribution >= 0.6 is 22.9 Å². The number of halogens is 1. The number of hydrogen-bond donors (Lipinski definition) is 1. The molecular weight excluding hydrogens is 376 g/mol. The summed E-state index contributed by atoms with van der Waals surface area (Å²) in [6, 6.07) is 12.5. The van der Waals surface area contributed by atoms with E-state index < -0.39 is 0 Å². The number of thiophene rings is 1. The molecule has 0 saturated carbocycles. The van der Waals surface area contributed by atoms with Crippen LogP contribution in [0.3, 0.4) is 0 Å². The lowest BCUT2D eigenvalue weighted by molar-refractivity contribution is 0.633. The van der Waals surface area contributed by atoms with Crippen LogP contribution in [0.1, 0.15) is 34.0 Å². The van der Waals surface area contributed by atoms with E-state index >= 15 is 0 Å². The van der Waals surface area contributed by atoms with Crippen molar-refractivity contribution >= 4 is 39.8 Å². The Morgan fingerprint density at radius 1 is 1.22 bits per heavy atom. The summed E-state index contributed by atoms with van der Waals surface area (Å²) >= 11 is 8.15. The van der Waals surface area contributed by atoms with E-state index in [2.05, 4.69) is 51.0 Å².